The molecule has 3 nitrogen and oxygen atoms in total. The van der Waals surface area contributed by atoms with Crippen LogP contribution in [0.1, 0.15) is 11.8 Å². The quantitative estimate of drug-likeness (QED) is 0.781. The number of benzene rings is 2. The first-order chi connectivity index (χ1) is 10.1. The number of nitrogens with two attached hydrogens (primary N) is 1. The van der Waals surface area contributed by atoms with E-state index < -0.39 is 11.9 Å². The monoisotopic (exact) mass is 305 g/mol. The molecular weight excluding hydrogens is 293 g/mol. The van der Waals surface area contributed by atoms with E-state index in [0.717, 1.165) is 0 Å². The van der Waals surface area contributed by atoms with Crippen molar-refractivity contribution in [1.29, 1.82) is 0 Å². The molecule has 1 atom stereocenters. The minimum atomic E-state index is -0.490. The molecule has 0 aliphatic carbocycles. The summed E-state index contributed by atoms with van der Waals surface area (Å²) in [5.41, 5.74) is 6.23. The van der Waals surface area contributed by atoms with Crippen LogP contribution < -0.4 is 10.5 Å². The first kappa shape index (κ1) is 13.9. The van der Waals surface area contributed by atoms with Gasteiger partial charge < -0.3 is 14.9 Å². The summed E-state index contributed by atoms with van der Waals surface area (Å²) >= 11 is 5.88. The molecule has 1 aromatic heterocycles. The van der Waals surface area contributed by atoms with E-state index >= 15 is 0 Å². The lowest BCUT2D eigenvalue weighted by molar-refractivity contribution is 0.275. The van der Waals surface area contributed by atoms with Crippen LogP contribution in [0.3, 0.4) is 0 Å². The largest absolute Gasteiger partial charge is 0.491 e. The van der Waals surface area contributed by atoms with Crippen molar-refractivity contribution < 1.29 is 13.5 Å². The van der Waals surface area contributed by atoms with E-state index in [9.17, 15) is 4.39 Å². The molecule has 3 rings (SSSR count). The highest BCUT2D eigenvalue weighted by atomic mass is 35.5. The van der Waals surface area contributed by atoms with E-state index in [4.69, 9.17) is 26.5 Å². The van der Waals surface area contributed by atoms with Crippen LogP contribution >= 0.6 is 11.6 Å². The molecule has 0 aliphatic heterocycles. The maximum Gasteiger partial charge on any atom is 0.169 e. The predicted octanol–water partition coefficient (Wildman–Crippen LogP) is 4.30. The molecule has 21 heavy (non-hydrogen) atoms. The van der Waals surface area contributed by atoms with Crippen molar-refractivity contribution >= 4 is 22.6 Å². The molecule has 0 spiro atoms. The molecule has 1 heterocycles. The van der Waals surface area contributed by atoms with Gasteiger partial charge in [0.25, 0.3) is 0 Å². The smallest absolute Gasteiger partial charge is 0.169 e. The van der Waals surface area contributed by atoms with Gasteiger partial charge in [0.1, 0.15) is 18.1 Å². The number of halogens is 2. The van der Waals surface area contributed by atoms with Crippen LogP contribution in [0.2, 0.25) is 5.02 Å². The summed E-state index contributed by atoms with van der Waals surface area (Å²) in [6.07, 6.45) is 0. The topological polar surface area (TPSA) is 48.4 Å². The van der Waals surface area contributed by atoms with Gasteiger partial charge >= 0.3 is 0 Å². The zero-order valence-electron chi connectivity index (χ0n) is 11.1. The fraction of sp³-hybridized carbons (Fsp3) is 0.125. The second-order valence-electron chi connectivity index (χ2n) is 4.68. The third kappa shape index (κ3) is 3.01. The molecule has 0 radical (unpaired) electrons. The third-order valence-corrected chi connectivity index (χ3v) is 3.34. The minimum absolute atomic E-state index is 0.210. The van der Waals surface area contributed by atoms with Crippen molar-refractivity contribution in [2.45, 2.75) is 6.04 Å². The highest BCUT2D eigenvalue weighted by Crippen LogP contribution is 2.26. The van der Waals surface area contributed by atoms with Gasteiger partial charge in [0, 0.05) is 10.4 Å². The van der Waals surface area contributed by atoms with E-state index in [1.165, 1.54) is 6.07 Å². The Hall–Kier alpha value is -2.04. The van der Waals surface area contributed by atoms with Crippen LogP contribution in [0.5, 0.6) is 5.75 Å². The lowest BCUT2D eigenvalue weighted by Crippen LogP contribution is -2.18. The first-order valence-corrected chi connectivity index (χ1v) is 6.83. The second-order valence-corrected chi connectivity index (χ2v) is 5.12. The number of hydrogen-bond donors (Lipinski definition) is 1. The van der Waals surface area contributed by atoms with E-state index in [1.54, 1.807) is 42.5 Å². The van der Waals surface area contributed by atoms with Crippen LogP contribution in [0.15, 0.2) is 52.9 Å². The molecule has 0 amide bonds. The van der Waals surface area contributed by atoms with Crippen molar-refractivity contribution in [2.75, 3.05) is 6.61 Å². The Labute approximate surface area is 126 Å². The van der Waals surface area contributed by atoms with Crippen molar-refractivity contribution in [3.8, 4) is 5.75 Å². The molecule has 3 aromatic rings. The van der Waals surface area contributed by atoms with E-state index in [0.29, 0.717) is 21.9 Å². The van der Waals surface area contributed by atoms with Gasteiger partial charge in [0.05, 0.1) is 6.04 Å². The highest BCUT2D eigenvalue weighted by Gasteiger charge is 2.15. The van der Waals surface area contributed by atoms with Crippen molar-refractivity contribution in [1.82, 2.24) is 0 Å². The summed E-state index contributed by atoms with van der Waals surface area (Å²) in [5, 5.41) is 1.27. The third-order valence-electron chi connectivity index (χ3n) is 3.11. The molecule has 2 N–H and O–H groups in total. The lowest BCUT2D eigenvalue weighted by atomic mass is 10.2. The fourth-order valence-electron chi connectivity index (χ4n) is 2.06. The Morgan fingerprint density at radius 3 is 2.76 bits per heavy atom. The molecule has 108 valence electrons. The maximum atomic E-state index is 13.6. The Kier molecular flexibility index (Phi) is 3.82. The van der Waals surface area contributed by atoms with Crippen LogP contribution in [0.25, 0.3) is 11.0 Å². The van der Waals surface area contributed by atoms with Crippen molar-refractivity contribution in [2.24, 2.45) is 5.73 Å². The molecule has 0 bridgehead atoms. The summed E-state index contributed by atoms with van der Waals surface area (Å²) < 4.78 is 24.6. The lowest BCUT2D eigenvalue weighted by Gasteiger charge is -2.11. The molecule has 2 aromatic carbocycles. The SMILES string of the molecule is NC(COc1cccc(Cl)c1)c1cc2cccc(F)c2o1. The van der Waals surface area contributed by atoms with E-state index in [1.807, 2.05) is 0 Å². The van der Waals surface area contributed by atoms with Crippen LogP contribution in [0.4, 0.5) is 4.39 Å². The van der Waals surface area contributed by atoms with Gasteiger partial charge in [-0.2, -0.15) is 0 Å². The first-order valence-electron chi connectivity index (χ1n) is 6.45. The van der Waals surface area contributed by atoms with Crippen molar-refractivity contribution in [3.05, 3.63) is 65.1 Å². The standard InChI is InChI=1S/C16H13ClFNO2/c17-11-4-2-5-12(8-11)20-9-14(19)15-7-10-3-1-6-13(18)16(10)21-15/h1-8,14H,9,19H2. The number of rotatable bonds is 4. The van der Waals surface area contributed by atoms with Gasteiger partial charge in [-0.1, -0.05) is 29.8 Å². The number of fused-ring (bicyclic) bond motifs is 1. The Morgan fingerprint density at radius 2 is 2.00 bits per heavy atom. The summed E-state index contributed by atoms with van der Waals surface area (Å²) in [6, 6.07) is 13.0. The average molecular weight is 306 g/mol. The summed E-state index contributed by atoms with van der Waals surface area (Å²) in [6.45, 7) is 0.210. The Morgan fingerprint density at radius 1 is 1.19 bits per heavy atom. The fourth-order valence-corrected chi connectivity index (χ4v) is 2.24. The summed E-state index contributed by atoms with van der Waals surface area (Å²) in [4.78, 5) is 0. The second kappa shape index (κ2) is 5.76. The Bertz CT molecular complexity index is 772. The van der Waals surface area contributed by atoms with Gasteiger partial charge in [-0.15, -0.1) is 0 Å². The number of ether oxygens (including phenoxy) is 1. The van der Waals surface area contributed by atoms with Gasteiger partial charge in [0.15, 0.2) is 11.4 Å². The zero-order valence-corrected chi connectivity index (χ0v) is 11.8. The van der Waals surface area contributed by atoms with Crippen molar-refractivity contribution in [3.63, 3.8) is 0 Å². The Balaban J connectivity index is 1.75. The van der Waals surface area contributed by atoms with E-state index in [-0.39, 0.29) is 12.2 Å². The summed E-state index contributed by atoms with van der Waals surface area (Å²) in [5.74, 6) is 0.707. The molecular formula is C16H13ClFNO2. The maximum absolute atomic E-state index is 13.6. The number of furan rings is 1. The molecule has 0 aliphatic rings. The zero-order chi connectivity index (χ0) is 14.8. The summed E-state index contributed by atoms with van der Waals surface area (Å²) in [7, 11) is 0. The van der Waals surface area contributed by atoms with Crippen LogP contribution in [0, 0.1) is 5.82 Å². The van der Waals surface area contributed by atoms with Gasteiger partial charge in [-0.05, 0) is 30.3 Å². The normalized spacial score (nSPS) is 12.5. The van der Waals surface area contributed by atoms with Gasteiger partial charge in [-0.25, -0.2) is 4.39 Å². The molecule has 5 heteroatoms. The predicted molar refractivity (Wildman–Crippen MR) is 80.0 cm³/mol. The van der Waals surface area contributed by atoms with Crippen LogP contribution in [-0.4, -0.2) is 6.61 Å². The molecule has 0 fully saturated rings. The number of para-hydroxylation sites is 1. The molecule has 0 saturated heterocycles. The highest BCUT2D eigenvalue weighted by molar-refractivity contribution is 6.30. The van der Waals surface area contributed by atoms with Gasteiger partial charge in [0.2, 0.25) is 0 Å². The molecule has 0 saturated carbocycles. The average Bonchev–Trinajstić information content (AvgIpc) is 2.90. The number of hydrogen-bond acceptors (Lipinski definition) is 3. The molecule has 1 unspecified atom stereocenters. The van der Waals surface area contributed by atoms with Gasteiger partial charge in [-0.3, -0.25) is 0 Å². The van der Waals surface area contributed by atoms with Crippen LogP contribution in [-0.2, 0) is 0 Å². The van der Waals surface area contributed by atoms with E-state index in [2.05, 4.69) is 0 Å². The minimum Gasteiger partial charge on any atom is -0.491 e.